The number of halogens is 2. The van der Waals surface area contributed by atoms with Crippen molar-refractivity contribution in [1.29, 1.82) is 0 Å². The van der Waals surface area contributed by atoms with Crippen LogP contribution in [0.3, 0.4) is 0 Å². The van der Waals surface area contributed by atoms with Gasteiger partial charge in [0.05, 0.1) is 11.4 Å². The van der Waals surface area contributed by atoms with Crippen LogP contribution in [0.2, 0.25) is 5.02 Å². The Labute approximate surface area is 218 Å². The minimum atomic E-state index is -0.768. The Morgan fingerprint density at radius 1 is 0.703 bits per heavy atom. The summed E-state index contributed by atoms with van der Waals surface area (Å²) in [5.74, 6) is -1.85. The molecule has 1 heterocycles. The van der Waals surface area contributed by atoms with E-state index in [4.69, 9.17) is 11.6 Å². The Hall–Kier alpha value is -4.55. The first kappa shape index (κ1) is 24.2. The molecule has 0 spiro atoms. The summed E-state index contributed by atoms with van der Waals surface area (Å²) < 4.78 is 13.8. The van der Waals surface area contributed by atoms with Crippen LogP contribution in [0.25, 0.3) is 6.08 Å². The molecule has 7 heteroatoms. The molecule has 1 aliphatic heterocycles. The van der Waals surface area contributed by atoms with E-state index in [0.29, 0.717) is 28.4 Å². The van der Waals surface area contributed by atoms with Gasteiger partial charge in [0.15, 0.2) is 0 Å². The fourth-order valence-corrected chi connectivity index (χ4v) is 4.40. The van der Waals surface area contributed by atoms with Crippen molar-refractivity contribution < 1.29 is 18.8 Å². The van der Waals surface area contributed by atoms with Crippen LogP contribution in [0.4, 0.5) is 20.6 Å². The Bertz CT molecular complexity index is 1470. The number of carbonyl (C=O) groups excluding carboxylic acids is 3. The van der Waals surface area contributed by atoms with Gasteiger partial charge < -0.3 is 0 Å². The molecule has 182 valence electrons. The number of barbiturate groups is 1. The normalized spacial score (nSPS) is 13.8. The Morgan fingerprint density at radius 3 is 1.86 bits per heavy atom. The number of anilines is 2. The van der Waals surface area contributed by atoms with Gasteiger partial charge in [0.25, 0.3) is 11.8 Å². The lowest BCUT2D eigenvalue weighted by Gasteiger charge is -2.34. The first-order chi connectivity index (χ1) is 17.9. The third kappa shape index (κ3) is 4.92. The number of urea groups is 1. The van der Waals surface area contributed by atoms with E-state index in [1.165, 1.54) is 18.2 Å². The maximum atomic E-state index is 13.8. The van der Waals surface area contributed by atoms with E-state index < -0.39 is 17.8 Å². The Balaban J connectivity index is 1.64. The molecular formula is C30H20ClFN2O3. The van der Waals surface area contributed by atoms with Gasteiger partial charge in [-0.3, -0.25) is 9.59 Å². The fourth-order valence-electron chi connectivity index (χ4n) is 4.22. The Morgan fingerprint density at radius 2 is 1.30 bits per heavy atom. The quantitative estimate of drug-likeness (QED) is 0.223. The topological polar surface area (TPSA) is 57.7 Å². The largest absolute Gasteiger partial charge is 0.343 e. The molecule has 0 unspecified atom stereocenters. The number of para-hydroxylation sites is 2. The minimum Gasteiger partial charge on any atom is -0.268 e. The fraction of sp³-hybridized carbons (Fsp3) is 0.0333. The van der Waals surface area contributed by atoms with Crippen molar-refractivity contribution in [2.75, 3.05) is 9.80 Å². The molecule has 0 aromatic heterocycles. The predicted octanol–water partition coefficient (Wildman–Crippen LogP) is 6.65. The molecule has 0 bridgehead atoms. The van der Waals surface area contributed by atoms with Gasteiger partial charge >= 0.3 is 6.03 Å². The van der Waals surface area contributed by atoms with Crippen molar-refractivity contribution >= 4 is 46.9 Å². The van der Waals surface area contributed by atoms with Crippen LogP contribution in [0.1, 0.15) is 16.7 Å². The lowest BCUT2D eigenvalue weighted by Crippen LogP contribution is -2.57. The van der Waals surface area contributed by atoms with Crippen LogP contribution in [-0.4, -0.2) is 17.8 Å². The molecule has 0 radical (unpaired) electrons. The van der Waals surface area contributed by atoms with Gasteiger partial charge in [0.1, 0.15) is 11.4 Å². The second kappa shape index (κ2) is 10.2. The lowest BCUT2D eigenvalue weighted by atomic mass is 9.96. The van der Waals surface area contributed by atoms with Crippen molar-refractivity contribution in [2.45, 2.75) is 6.42 Å². The number of imide groups is 2. The van der Waals surface area contributed by atoms with E-state index in [-0.39, 0.29) is 11.4 Å². The highest BCUT2D eigenvalue weighted by atomic mass is 35.5. The van der Waals surface area contributed by atoms with Crippen molar-refractivity contribution in [3.05, 3.63) is 136 Å². The molecule has 5 rings (SSSR count). The Kier molecular flexibility index (Phi) is 6.66. The summed E-state index contributed by atoms with van der Waals surface area (Å²) in [6, 6.07) is 27.4. The van der Waals surface area contributed by atoms with Gasteiger partial charge in [-0.2, -0.15) is 0 Å². The predicted molar refractivity (Wildman–Crippen MR) is 142 cm³/mol. The molecule has 37 heavy (non-hydrogen) atoms. The summed E-state index contributed by atoms with van der Waals surface area (Å²) >= 11 is 6.27. The van der Waals surface area contributed by atoms with E-state index in [1.807, 2.05) is 0 Å². The SMILES string of the molecule is O=C1C(=Cc2cc(Cl)ccc2Cc2cccc(F)c2)C(=O)N(c2ccccc2)C(=O)N1c1ccccc1. The monoisotopic (exact) mass is 510 g/mol. The lowest BCUT2D eigenvalue weighted by molar-refractivity contribution is -0.121. The molecule has 4 amide bonds. The summed E-state index contributed by atoms with van der Waals surface area (Å²) in [5, 5.41) is 0.404. The van der Waals surface area contributed by atoms with Crippen molar-refractivity contribution in [3.63, 3.8) is 0 Å². The number of rotatable bonds is 5. The minimum absolute atomic E-state index is 0.199. The first-order valence-electron chi connectivity index (χ1n) is 11.5. The molecule has 0 aliphatic carbocycles. The molecule has 4 aromatic carbocycles. The van der Waals surface area contributed by atoms with E-state index in [9.17, 15) is 18.8 Å². The maximum absolute atomic E-state index is 13.8. The second-order valence-electron chi connectivity index (χ2n) is 8.44. The smallest absolute Gasteiger partial charge is 0.268 e. The van der Waals surface area contributed by atoms with Gasteiger partial charge in [0.2, 0.25) is 0 Å². The molecule has 1 aliphatic rings. The van der Waals surface area contributed by atoms with Crippen molar-refractivity contribution in [1.82, 2.24) is 0 Å². The van der Waals surface area contributed by atoms with Gasteiger partial charge in [-0.15, -0.1) is 0 Å². The molecular weight excluding hydrogens is 491 g/mol. The molecule has 4 aromatic rings. The van der Waals surface area contributed by atoms with Gasteiger partial charge in [0, 0.05) is 5.02 Å². The maximum Gasteiger partial charge on any atom is 0.343 e. The standard InChI is InChI=1S/C30H20ClFN2O3/c31-23-15-14-21(16-20-8-7-9-24(32)17-20)22(18-23)19-27-28(35)33(25-10-3-1-4-11-25)30(37)34(29(27)36)26-12-5-2-6-13-26/h1-15,17-19H,16H2. The van der Waals surface area contributed by atoms with Crippen LogP contribution in [0.5, 0.6) is 0 Å². The third-order valence-corrected chi connectivity index (χ3v) is 6.20. The number of hydrogen-bond donors (Lipinski definition) is 0. The zero-order valence-corrected chi connectivity index (χ0v) is 20.2. The number of carbonyl (C=O) groups is 3. The first-order valence-corrected chi connectivity index (χ1v) is 11.9. The molecule has 5 nitrogen and oxygen atoms in total. The highest BCUT2D eigenvalue weighted by Gasteiger charge is 2.43. The summed E-state index contributed by atoms with van der Waals surface area (Å²) in [6.45, 7) is 0. The summed E-state index contributed by atoms with van der Waals surface area (Å²) in [7, 11) is 0. The molecule has 1 saturated heterocycles. The molecule has 1 fully saturated rings. The molecule has 0 N–H and O–H groups in total. The van der Waals surface area contributed by atoms with Gasteiger partial charge in [-0.1, -0.05) is 66.2 Å². The zero-order valence-electron chi connectivity index (χ0n) is 19.5. The third-order valence-electron chi connectivity index (χ3n) is 5.97. The van der Waals surface area contributed by atoms with Crippen LogP contribution >= 0.6 is 11.6 Å². The number of benzene rings is 4. The van der Waals surface area contributed by atoms with Gasteiger partial charge in [-0.25, -0.2) is 19.0 Å². The van der Waals surface area contributed by atoms with Crippen LogP contribution < -0.4 is 9.80 Å². The van der Waals surface area contributed by atoms with E-state index in [2.05, 4.69) is 0 Å². The number of amides is 4. The average molecular weight is 511 g/mol. The van der Waals surface area contributed by atoms with E-state index in [1.54, 1.807) is 91.0 Å². The van der Waals surface area contributed by atoms with E-state index in [0.717, 1.165) is 20.9 Å². The van der Waals surface area contributed by atoms with E-state index >= 15 is 0 Å². The second-order valence-corrected chi connectivity index (χ2v) is 8.88. The van der Waals surface area contributed by atoms with Crippen molar-refractivity contribution in [2.24, 2.45) is 0 Å². The number of hydrogen-bond acceptors (Lipinski definition) is 3. The zero-order chi connectivity index (χ0) is 25.9. The highest BCUT2D eigenvalue weighted by Crippen LogP contribution is 2.31. The van der Waals surface area contributed by atoms with Crippen LogP contribution in [-0.2, 0) is 16.0 Å². The summed E-state index contributed by atoms with van der Waals surface area (Å²) in [6.07, 6.45) is 1.80. The van der Waals surface area contributed by atoms with Crippen LogP contribution in [0, 0.1) is 5.82 Å². The van der Waals surface area contributed by atoms with Crippen molar-refractivity contribution in [3.8, 4) is 0 Å². The average Bonchev–Trinajstić information content (AvgIpc) is 2.89. The number of nitrogens with zero attached hydrogens (tertiary/aromatic N) is 2. The summed E-state index contributed by atoms with van der Waals surface area (Å²) in [4.78, 5) is 42.7. The molecule has 0 saturated carbocycles. The van der Waals surface area contributed by atoms with Crippen LogP contribution in [0.15, 0.2) is 109 Å². The highest BCUT2D eigenvalue weighted by molar-refractivity contribution is 6.46. The van der Waals surface area contributed by atoms with Gasteiger partial charge in [-0.05, 0) is 77.7 Å². The summed E-state index contributed by atoms with van der Waals surface area (Å²) in [5.41, 5.74) is 2.44. The molecule has 0 atom stereocenters.